The van der Waals surface area contributed by atoms with Crippen molar-refractivity contribution in [3.8, 4) is 0 Å². The minimum atomic E-state index is 0.185. The van der Waals surface area contributed by atoms with Crippen molar-refractivity contribution in [2.75, 3.05) is 33.2 Å². The Kier molecular flexibility index (Phi) is 6.27. The second-order valence-electron chi connectivity index (χ2n) is 7.41. The molecule has 1 unspecified atom stereocenters. The molecule has 2 aliphatic rings. The molecule has 1 saturated heterocycles. The number of hydrogen-bond acceptors (Lipinski definition) is 3. The lowest BCUT2D eigenvalue weighted by atomic mass is 9.93. The fraction of sp³-hybridized carbons (Fsp3) is 0.650. The maximum atomic E-state index is 12.5. The Bertz CT molecular complexity index is 507. The van der Waals surface area contributed by atoms with E-state index in [1.807, 2.05) is 13.1 Å². The quantitative estimate of drug-likeness (QED) is 0.770. The molecular formula is C20H31N3O. The Morgan fingerprint density at radius 3 is 2.50 bits per heavy atom. The second kappa shape index (κ2) is 8.63. The minimum absolute atomic E-state index is 0.185. The van der Waals surface area contributed by atoms with E-state index in [9.17, 15) is 4.79 Å². The summed E-state index contributed by atoms with van der Waals surface area (Å²) < 4.78 is 0. The van der Waals surface area contributed by atoms with Crippen molar-refractivity contribution in [1.29, 1.82) is 0 Å². The number of carbonyl (C=O) groups is 1. The summed E-state index contributed by atoms with van der Waals surface area (Å²) in [6.07, 6.45) is 6.17. The molecule has 1 aliphatic carbocycles. The molecule has 24 heavy (non-hydrogen) atoms. The number of hydrogen-bond donors (Lipinski definition) is 2. The van der Waals surface area contributed by atoms with Crippen LogP contribution in [0.15, 0.2) is 30.3 Å². The molecule has 1 amide bonds. The summed E-state index contributed by atoms with van der Waals surface area (Å²) in [4.78, 5) is 14.8. The zero-order chi connectivity index (χ0) is 16.8. The molecule has 3 rings (SSSR count). The van der Waals surface area contributed by atoms with Crippen LogP contribution in [0.25, 0.3) is 0 Å². The first-order valence-corrected chi connectivity index (χ1v) is 9.47. The zero-order valence-corrected chi connectivity index (χ0v) is 14.8. The zero-order valence-electron chi connectivity index (χ0n) is 14.8. The van der Waals surface area contributed by atoms with Gasteiger partial charge in [0, 0.05) is 0 Å². The fourth-order valence-corrected chi connectivity index (χ4v) is 3.77. The number of nitrogens with zero attached hydrogens (tertiary/aromatic N) is 1. The molecule has 0 spiro atoms. The van der Waals surface area contributed by atoms with Gasteiger partial charge < -0.3 is 10.6 Å². The summed E-state index contributed by atoms with van der Waals surface area (Å²) in [5, 5.41) is 6.53. The van der Waals surface area contributed by atoms with Crippen LogP contribution in [0.2, 0.25) is 0 Å². The van der Waals surface area contributed by atoms with Gasteiger partial charge in [-0.3, -0.25) is 9.69 Å². The van der Waals surface area contributed by atoms with E-state index < -0.39 is 0 Å². The van der Waals surface area contributed by atoms with E-state index in [0.717, 1.165) is 25.6 Å². The van der Waals surface area contributed by atoms with E-state index in [2.05, 4.69) is 39.8 Å². The van der Waals surface area contributed by atoms with Gasteiger partial charge >= 0.3 is 0 Å². The summed E-state index contributed by atoms with van der Waals surface area (Å²) in [6, 6.07) is 10.6. The van der Waals surface area contributed by atoms with Gasteiger partial charge in [0.05, 0.1) is 12.6 Å². The monoisotopic (exact) mass is 329 g/mol. The Morgan fingerprint density at radius 2 is 1.88 bits per heavy atom. The van der Waals surface area contributed by atoms with Crippen LogP contribution in [0.4, 0.5) is 0 Å². The highest BCUT2D eigenvalue weighted by molar-refractivity contribution is 5.78. The lowest BCUT2D eigenvalue weighted by Gasteiger charge is -2.32. The van der Waals surface area contributed by atoms with E-state index in [1.165, 1.54) is 37.7 Å². The Balaban J connectivity index is 1.45. The maximum Gasteiger partial charge on any atom is 0.234 e. The molecule has 132 valence electrons. The predicted octanol–water partition coefficient (Wildman–Crippen LogP) is 2.58. The van der Waals surface area contributed by atoms with Gasteiger partial charge in [-0.05, 0) is 76.2 Å². The molecule has 2 N–H and O–H groups in total. The third kappa shape index (κ3) is 5.05. The number of rotatable bonds is 8. The molecule has 0 bridgehead atoms. The van der Waals surface area contributed by atoms with Gasteiger partial charge in [-0.15, -0.1) is 0 Å². The van der Waals surface area contributed by atoms with E-state index in [-0.39, 0.29) is 11.9 Å². The van der Waals surface area contributed by atoms with Crippen molar-refractivity contribution >= 4 is 5.91 Å². The molecule has 1 heterocycles. The molecule has 1 aliphatic heterocycles. The van der Waals surface area contributed by atoms with Gasteiger partial charge in [0.1, 0.15) is 0 Å². The van der Waals surface area contributed by atoms with E-state index >= 15 is 0 Å². The van der Waals surface area contributed by atoms with Crippen LogP contribution >= 0.6 is 0 Å². The highest BCUT2D eigenvalue weighted by atomic mass is 16.2. The summed E-state index contributed by atoms with van der Waals surface area (Å²) in [6.45, 7) is 3.77. The minimum Gasteiger partial charge on any atom is -0.348 e. The highest BCUT2D eigenvalue weighted by Gasteiger charge is 2.33. The second-order valence-corrected chi connectivity index (χ2v) is 7.41. The van der Waals surface area contributed by atoms with Crippen LogP contribution < -0.4 is 10.6 Å². The number of piperidine rings is 1. The average Bonchev–Trinajstić information content (AvgIpc) is 3.45. The number of likely N-dealkylation sites (tertiary alicyclic amines) is 1. The molecule has 4 heteroatoms. The standard InChI is InChI=1S/C20H31N3O/c1-21-12-9-16-10-13-23(14-11-16)15-19(24)22-20(18-7-8-18)17-5-3-2-4-6-17/h2-6,16,18,20-21H,7-15H2,1H3,(H,22,24). The maximum absolute atomic E-state index is 12.5. The number of amides is 1. The van der Waals surface area contributed by atoms with Crippen LogP contribution in [-0.4, -0.2) is 44.0 Å². The van der Waals surface area contributed by atoms with Gasteiger partial charge in [0.25, 0.3) is 0 Å². The van der Waals surface area contributed by atoms with Crippen LogP contribution in [0, 0.1) is 11.8 Å². The molecule has 2 fully saturated rings. The number of nitrogens with one attached hydrogen (secondary N) is 2. The van der Waals surface area contributed by atoms with E-state index in [1.54, 1.807) is 0 Å². The lowest BCUT2D eigenvalue weighted by molar-refractivity contribution is -0.123. The van der Waals surface area contributed by atoms with E-state index in [4.69, 9.17) is 0 Å². The van der Waals surface area contributed by atoms with Gasteiger partial charge in [-0.2, -0.15) is 0 Å². The van der Waals surface area contributed by atoms with Crippen molar-refractivity contribution in [3.63, 3.8) is 0 Å². The highest BCUT2D eigenvalue weighted by Crippen LogP contribution is 2.40. The molecule has 1 saturated carbocycles. The normalized spacial score (nSPS) is 20.7. The predicted molar refractivity (Wildman–Crippen MR) is 97.8 cm³/mol. The molecule has 4 nitrogen and oxygen atoms in total. The van der Waals surface area contributed by atoms with Gasteiger partial charge in [-0.25, -0.2) is 0 Å². The summed E-state index contributed by atoms with van der Waals surface area (Å²) in [7, 11) is 2.02. The first kappa shape index (κ1) is 17.4. The first-order chi connectivity index (χ1) is 11.8. The Morgan fingerprint density at radius 1 is 1.17 bits per heavy atom. The van der Waals surface area contributed by atoms with Gasteiger partial charge in [0.2, 0.25) is 5.91 Å². The van der Waals surface area contributed by atoms with E-state index in [0.29, 0.717) is 12.5 Å². The topological polar surface area (TPSA) is 44.4 Å². The first-order valence-electron chi connectivity index (χ1n) is 9.47. The largest absolute Gasteiger partial charge is 0.348 e. The SMILES string of the molecule is CNCCC1CCN(CC(=O)NC(c2ccccc2)C2CC2)CC1. The van der Waals surface area contributed by atoms with Crippen LogP contribution in [0.5, 0.6) is 0 Å². The number of carbonyl (C=O) groups excluding carboxylic acids is 1. The summed E-state index contributed by atoms with van der Waals surface area (Å²) >= 11 is 0. The molecule has 0 aromatic heterocycles. The third-order valence-electron chi connectivity index (χ3n) is 5.45. The lowest BCUT2D eigenvalue weighted by Crippen LogP contribution is -2.43. The Hall–Kier alpha value is -1.39. The molecule has 1 atom stereocenters. The average molecular weight is 329 g/mol. The molecular weight excluding hydrogens is 298 g/mol. The van der Waals surface area contributed by atoms with Crippen molar-refractivity contribution in [1.82, 2.24) is 15.5 Å². The number of benzene rings is 1. The van der Waals surface area contributed by atoms with Gasteiger partial charge in [0.15, 0.2) is 0 Å². The summed E-state index contributed by atoms with van der Waals surface area (Å²) in [5.41, 5.74) is 1.25. The van der Waals surface area contributed by atoms with Crippen molar-refractivity contribution in [3.05, 3.63) is 35.9 Å². The van der Waals surface area contributed by atoms with Crippen molar-refractivity contribution in [2.45, 2.75) is 38.1 Å². The van der Waals surface area contributed by atoms with Crippen LogP contribution in [0.3, 0.4) is 0 Å². The van der Waals surface area contributed by atoms with Gasteiger partial charge in [-0.1, -0.05) is 30.3 Å². The molecule has 1 aromatic carbocycles. The fourth-order valence-electron chi connectivity index (χ4n) is 3.77. The van der Waals surface area contributed by atoms with Crippen molar-refractivity contribution in [2.24, 2.45) is 11.8 Å². The Labute approximate surface area is 146 Å². The third-order valence-corrected chi connectivity index (χ3v) is 5.45. The van der Waals surface area contributed by atoms with Crippen LogP contribution in [0.1, 0.15) is 43.7 Å². The van der Waals surface area contributed by atoms with Crippen molar-refractivity contribution < 1.29 is 4.79 Å². The molecule has 1 aromatic rings. The van der Waals surface area contributed by atoms with Crippen LogP contribution in [-0.2, 0) is 4.79 Å². The summed E-state index contributed by atoms with van der Waals surface area (Å²) in [5.74, 6) is 1.63. The smallest absolute Gasteiger partial charge is 0.234 e. The molecule has 0 radical (unpaired) electrons.